The highest BCUT2D eigenvalue weighted by Crippen LogP contribution is 2.50. The van der Waals surface area contributed by atoms with E-state index < -0.39 is 20.7 Å². The second-order valence-electron chi connectivity index (χ2n) is 7.40. The van der Waals surface area contributed by atoms with Crippen molar-refractivity contribution in [3.05, 3.63) is 41.5 Å². The maximum absolute atomic E-state index is 12.9. The Morgan fingerprint density at radius 1 is 1.17 bits per heavy atom. The Bertz CT molecular complexity index is 720. The van der Waals surface area contributed by atoms with Crippen molar-refractivity contribution in [1.29, 1.82) is 0 Å². The summed E-state index contributed by atoms with van der Waals surface area (Å²) in [7, 11) is -3.37. The van der Waals surface area contributed by atoms with Gasteiger partial charge in [-0.1, -0.05) is 29.3 Å². The molecule has 24 heavy (non-hydrogen) atoms. The largest absolute Gasteiger partial charge is 0.392 e. The summed E-state index contributed by atoms with van der Waals surface area (Å²) >= 11 is 0. The predicted octanol–water partition coefficient (Wildman–Crippen LogP) is 2.79. The first-order valence-electron chi connectivity index (χ1n) is 8.69. The van der Waals surface area contributed by atoms with Crippen LogP contribution in [-0.4, -0.2) is 48.9 Å². The van der Waals surface area contributed by atoms with Crippen molar-refractivity contribution in [3.8, 4) is 0 Å². The van der Waals surface area contributed by atoms with E-state index in [1.807, 2.05) is 6.07 Å². The summed E-state index contributed by atoms with van der Waals surface area (Å²) in [5.74, 6) is 0. The van der Waals surface area contributed by atoms with Gasteiger partial charge in [-0.3, -0.25) is 4.90 Å². The van der Waals surface area contributed by atoms with Gasteiger partial charge in [-0.05, 0) is 51.7 Å². The van der Waals surface area contributed by atoms with Crippen LogP contribution in [0.4, 0.5) is 0 Å². The number of aliphatic hydroxyl groups excluding tert-OH is 1. The molecule has 0 spiro atoms. The molecule has 5 heteroatoms. The fourth-order valence-electron chi connectivity index (χ4n) is 3.61. The van der Waals surface area contributed by atoms with Crippen LogP contribution < -0.4 is 0 Å². The van der Waals surface area contributed by atoms with Gasteiger partial charge in [-0.15, -0.1) is 0 Å². The first-order valence-corrected chi connectivity index (χ1v) is 10.2. The van der Waals surface area contributed by atoms with Crippen LogP contribution in [0, 0.1) is 0 Å². The molecule has 0 saturated heterocycles. The third-order valence-electron chi connectivity index (χ3n) is 5.50. The number of rotatable bonds is 6. The molecule has 1 heterocycles. The van der Waals surface area contributed by atoms with Crippen molar-refractivity contribution in [2.75, 3.05) is 19.6 Å². The van der Waals surface area contributed by atoms with E-state index in [-0.39, 0.29) is 0 Å². The molecule has 0 radical (unpaired) electrons. The molecule has 1 saturated carbocycles. The van der Waals surface area contributed by atoms with E-state index in [2.05, 4.69) is 18.7 Å². The molecule has 1 atom stereocenters. The molecule has 132 valence electrons. The van der Waals surface area contributed by atoms with Crippen molar-refractivity contribution < 1.29 is 13.5 Å². The van der Waals surface area contributed by atoms with Crippen LogP contribution in [0.1, 0.15) is 39.5 Å². The molecule has 2 aliphatic rings. The van der Waals surface area contributed by atoms with E-state index in [0.717, 1.165) is 19.5 Å². The lowest BCUT2D eigenvalue weighted by Crippen LogP contribution is -2.39. The lowest BCUT2D eigenvalue weighted by atomic mass is 10.0. The molecular weight excluding hydrogens is 322 g/mol. The lowest BCUT2D eigenvalue weighted by Gasteiger charge is -2.31. The average Bonchev–Trinajstić information content (AvgIpc) is 3.33. The van der Waals surface area contributed by atoms with Crippen LogP contribution in [0.25, 0.3) is 0 Å². The molecular formula is C19H27NO3S. The molecule has 1 fully saturated rings. The Balaban J connectivity index is 1.65. The first kappa shape index (κ1) is 17.6. The van der Waals surface area contributed by atoms with E-state index in [0.29, 0.717) is 30.7 Å². The molecule has 1 aromatic carbocycles. The topological polar surface area (TPSA) is 57.6 Å². The fourth-order valence-corrected chi connectivity index (χ4v) is 5.67. The Morgan fingerprint density at radius 3 is 2.42 bits per heavy atom. The van der Waals surface area contributed by atoms with E-state index in [1.54, 1.807) is 24.3 Å². The highest BCUT2D eigenvalue weighted by Gasteiger charge is 2.55. The second-order valence-corrected chi connectivity index (χ2v) is 9.75. The van der Waals surface area contributed by atoms with E-state index >= 15 is 0 Å². The normalized spacial score (nSPS) is 22.5. The zero-order valence-electron chi connectivity index (χ0n) is 14.5. The minimum Gasteiger partial charge on any atom is -0.392 e. The third-order valence-corrected chi connectivity index (χ3v) is 8.11. The van der Waals surface area contributed by atoms with Crippen LogP contribution in [0.3, 0.4) is 0 Å². The van der Waals surface area contributed by atoms with Gasteiger partial charge in [-0.25, -0.2) is 8.42 Å². The van der Waals surface area contributed by atoms with Gasteiger partial charge in [0.05, 0.1) is 15.7 Å². The minimum absolute atomic E-state index is 0.336. The molecule has 0 bridgehead atoms. The molecule has 0 aromatic heterocycles. The molecule has 1 aromatic rings. The smallest absolute Gasteiger partial charge is 0.184 e. The fraction of sp³-hybridized carbons (Fsp3) is 0.579. The zero-order chi connectivity index (χ0) is 17.4. The summed E-state index contributed by atoms with van der Waals surface area (Å²) in [6, 6.07) is 8.64. The number of aliphatic hydroxyl groups is 1. The van der Waals surface area contributed by atoms with Crippen molar-refractivity contribution in [3.63, 3.8) is 0 Å². The highest BCUT2D eigenvalue weighted by atomic mass is 32.2. The van der Waals surface area contributed by atoms with Gasteiger partial charge in [0.2, 0.25) is 0 Å². The minimum atomic E-state index is -3.37. The number of hydrogen-bond donors (Lipinski definition) is 1. The van der Waals surface area contributed by atoms with Crippen LogP contribution in [-0.2, 0) is 9.84 Å². The van der Waals surface area contributed by atoms with E-state index in [9.17, 15) is 13.5 Å². The Hall–Kier alpha value is -1.17. The number of sulfone groups is 1. The van der Waals surface area contributed by atoms with Crippen molar-refractivity contribution in [2.24, 2.45) is 0 Å². The first-order chi connectivity index (χ1) is 11.3. The predicted molar refractivity (Wildman–Crippen MR) is 95.6 cm³/mol. The van der Waals surface area contributed by atoms with Gasteiger partial charge in [0.15, 0.2) is 9.84 Å². The number of hydrogen-bond acceptors (Lipinski definition) is 4. The number of nitrogens with zero attached hydrogens (tertiary/aromatic N) is 1. The van der Waals surface area contributed by atoms with E-state index in [1.165, 1.54) is 11.1 Å². The molecule has 1 aliphatic carbocycles. The summed E-state index contributed by atoms with van der Waals surface area (Å²) in [6.07, 6.45) is 2.07. The van der Waals surface area contributed by atoms with Gasteiger partial charge >= 0.3 is 0 Å². The van der Waals surface area contributed by atoms with E-state index in [4.69, 9.17) is 0 Å². The quantitative estimate of drug-likeness (QED) is 0.803. The van der Waals surface area contributed by atoms with Crippen LogP contribution in [0.15, 0.2) is 46.4 Å². The summed E-state index contributed by atoms with van der Waals surface area (Å²) < 4.78 is 25.1. The Kier molecular flexibility index (Phi) is 4.87. The van der Waals surface area contributed by atoms with Gasteiger partial charge in [-0.2, -0.15) is 0 Å². The van der Waals surface area contributed by atoms with Crippen LogP contribution in [0.2, 0.25) is 0 Å². The van der Waals surface area contributed by atoms with Crippen molar-refractivity contribution in [1.82, 2.24) is 4.90 Å². The SMILES string of the molecule is CC1=C(C)CN(CC(O)CC2(S(=O)(=O)c3ccccc3)CC2)CC1. The number of β-amino-alcohol motifs (C(OH)–C–C–N with tert-alkyl or cyclic N) is 1. The third kappa shape index (κ3) is 3.44. The second kappa shape index (κ2) is 6.62. The highest BCUT2D eigenvalue weighted by molar-refractivity contribution is 7.93. The molecule has 3 rings (SSSR count). The van der Waals surface area contributed by atoms with Crippen LogP contribution in [0.5, 0.6) is 0 Å². The van der Waals surface area contributed by atoms with Gasteiger partial charge in [0.1, 0.15) is 0 Å². The standard InChI is InChI=1S/C19H27NO3S/c1-15-8-11-20(13-16(15)2)14-17(21)12-19(9-10-19)24(22,23)18-6-4-3-5-7-18/h3-7,17,21H,8-14H2,1-2H3. The maximum Gasteiger partial charge on any atom is 0.184 e. The molecule has 0 amide bonds. The number of benzene rings is 1. The van der Waals surface area contributed by atoms with Gasteiger partial charge in [0, 0.05) is 19.6 Å². The van der Waals surface area contributed by atoms with Crippen LogP contribution >= 0.6 is 0 Å². The molecule has 1 aliphatic heterocycles. The van der Waals surface area contributed by atoms with Crippen molar-refractivity contribution >= 4 is 9.84 Å². The monoisotopic (exact) mass is 349 g/mol. The molecule has 1 unspecified atom stereocenters. The molecule has 4 nitrogen and oxygen atoms in total. The molecule has 1 N–H and O–H groups in total. The summed E-state index contributed by atoms with van der Waals surface area (Å²) in [6.45, 7) is 6.67. The average molecular weight is 349 g/mol. The maximum atomic E-state index is 12.9. The summed E-state index contributed by atoms with van der Waals surface area (Å²) in [4.78, 5) is 2.61. The lowest BCUT2D eigenvalue weighted by molar-refractivity contribution is 0.105. The summed E-state index contributed by atoms with van der Waals surface area (Å²) in [5.41, 5.74) is 2.80. The zero-order valence-corrected chi connectivity index (χ0v) is 15.3. The summed E-state index contributed by atoms with van der Waals surface area (Å²) in [5, 5.41) is 10.5. The van der Waals surface area contributed by atoms with Crippen molar-refractivity contribution in [2.45, 2.75) is 55.3 Å². The van der Waals surface area contributed by atoms with Gasteiger partial charge in [0.25, 0.3) is 0 Å². The Labute approximate surface area is 145 Å². The van der Waals surface area contributed by atoms with Gasteiger partial charge < -0.3 is 5.11 Å². The Morgan fingerprint density at radius 2 is 1.83 bits per heavy atom.